The molecule has 5 heteroatoms. The zero-order valence-electron chi connectivity index (χ0n) is 9.63. The lowest BCUT2D eigenvalue weighted by atomic mass is 9.93. The van der Waals surface area contributed by atoms with Crippen LogP contribution in [0.5, 0.6) is 5.75 Å². The maximum Gasteiger partial charge on any atom is 0.319 e. The number of hydrogen-bond donors (Lipinski definition) is 2. The number of carbonyl (C=O) groups excluding carboxylic acids is 1. The van der Waals surface area contributed by atoms with Crippen molar-refractivity contribution < 1.29 is 13.9 Å². The summed E-state index contributed by atoms with van der Waals surface area (Å²) < 4.78 is 17.9. The SMILES string of the molecule is COc1cc(F)ccc1NC(=O)NC1CCC1. The van der Waals surface area contributed by atoms with Crippen molar-refractivity contribution in [3.63, 3.8) is 0 Å². The standard InChI is InChI=1S/C12H15FN2O2/c1-17-11-7-8(13)5-6-10(11)15-12(16)14-9-3-2-4-9/h5-7,9H,2-4H2,1H3,(H2,14,15,16). The molecule has 2 rings (SSSR count). The number of hydrogen-bond acceptors (Lipinski definition) is 2. The predicted molar refractivity (Wildman–Crippen MR) is 62.7 cm³/mol. The predicted octanol–water partition coefficient (Wildman–Crippen LogP) is 2.51. The van der Waals surface area contributed by atoms with E-state index in [1.165, 1.54) is 25.3 Å². The van der Waals surface area contributed by atoms with Gasteiger partial charge in [0.05, 0.1) is 12.8 Å². The Kier molecular flexibility index (Phi) is 3.46. The van der Waals surface area contributed by atoms with Crippen LogP contribution >= 0.6 is 0 Å². The molecular formula is C12H15FN2O2. The van der Waals surface area contributed by atoms with Gasteiger partial charge in [0.1, 0.15) is 11.6 Å². The highest BCUT2D eigenvalue weighted by molar-refractivity contribution is 5.91. The second-order valence-electron chi connectivity index (χ2n) is 4.07. The number of halogens is 1. The van der Waals surface area contributed by atoms with E-state index in [0.717, 1.165) is 19.3 Å². The van der Waals surface area contributed by atoms with Crippen LogP contribution < -0.4 is 15.4 Å². The number of amides is 2. The minimum Gasteiger partial charge on any atom is -0.494 e. The van der Waals surface area contributed by atoms with Crippen molar-refractivity contribution in [2.45, 2.75) is 25.3 Å². The van der Waals surface area contributed by atoms with Gasteiger partial charge in [-0.3, -0.25) is 0 Å². The van der Waals surface area contributed by atoms with Gasteiger partial charge in [0.15, 0.2) is 0 Å². The van der Waals surface area contributed by atoms with Gasteiger partial charge in [0.2, 0.25) is 0 Å². The Hall–Kier alpha value is -1.78. The molecule has 0 bridgehead atoms. The molecule has 0 heterocycles. The van der Waals surface area contributed by atoms with Crippen molar-refractivity contribution in [3.8, 4) is 5.75 Å². The van der Waals surface area contributed by atoms with Gasteiger partial charge in [-0.25, -0.2) is 9.18 Å². The molecule has 2 N–H and O–H groups in total. The van der Waals surface area contributed by atoms with Crippen LogP contribution in [0.15, 0.2) is 18.2 Å². The number of rotatable bonds is 3. The Labute approximate surface area is 99.2 Å². The van der Waals surface area contributed by atoms with Crippen LogP contribution in [-0.4, -0.2) is 19.2 Å². The second-order valence-corrected chi connectivity index (χ2v) is 4.07. The van der Waals surface area contributed by atoms with Gasteiger partial charge in [-0.15, -0.1) is 0 Å². The number of methoxy groups -OCH3 is 1. The molecule has 2 amide bonds. The Morgan fingerprint density at radius 3 is 2.82 bits per heavy atom. The molecule has 0 unspecified atom stereocenters. The lowest BCUT2D eigenvalue weighted by Gasteiger charge is -2.26. The summed E-state index contributed by atoms with van der Waals surface area (Å²) in [6, 6.07) is 3.98. The molecule has 1 fully saturated rings. The molecule has 17 heavy (non-hydrogen) atoms. The molecule has 1 aromatic carbocycles. The van der Waals surface area contributed by atoms with Gasteiger partial charge >= 0.3 is 6.03 Å². The molecule has 0 spiro atoms. The third-order valence-electron chi connectivity index (χ3n) is 2.85. The molecule has 0 saturated heterocycles. The normalized spacial score (nSPS) is 14.9. The molecule has 4 nitrogen and oxygen atoms in total. The fourth-order valence-electron chi connectivity index (χ4n) is 1.66. The molecule has 0 aromatic heterocycles. The molecule has 1 aliphatic rings. The molecule has 1 saturated carbocycles. The third-order valence-corrected chi connectivity index (χ3v) is 2.85. The van der Waals surface area contributed by atoms with Gasteiger partial charge in [-0.1, -0.05) is 0 Å². The molecule has 1 aliphatic carbocycles. The fraction of sp³-hybridized carbons (Fsp3) is 0.417. The average Bonchev–Trinajstić information content (AvgIpc) is 2.26. The van der Waals surface area contributed by atoms with E-state index in [1.54, 1.807) is 0 Å². The van der Waals surface area contributed by atoms with Crippen molar-refractivity contribution in [2.24, 2.45) is 0 Å². The van der Waals surface area contributed by atoms with E-state index < -0.39 is 5.82 Å². The number of ether oxygens (including phenoxy) is 1. The van der Waals surface area contributed by atoms with Gasteiger partial charge in [-0.05, 0) is 31.4 Å². The highest BCUT2D eigenvalue weighted by atomic mass is 19.1. The molecule has 92 valence electrons. The average molecular weight is 238 g/mol. The number of nitrogens with one attached hydrogen (secondary N) is 2. The summed E-state index contributed by atoms with van der Waals surface area (Å²) in [5.41, 5.74) is 0.464. The summed E-state index contributed by atoms with van der Waals surface area (Å²) in [6.45, 7) is 0. The molecule has 0 atom stereocenters. The monoisotopic (exact) mass is 238 g/mol. The maximum atomic E-state index is 12.9. The first-order valence-electron chi connectivity index (χ1n) is 5.60. The first kappa shape index (κ1) is 11.7. The molecule has 0 aliphatic heterocycles. The van der Waals surface area contributed by atoms with Gasteiger partial charge < -0.3 is 15.4 Å². The first-order chi connectivity index (χ1) is 8.19. The minimum absolute atomic E-state index is 0.265. The number of urea groups is 1. The summed E-state index contributed by atoms with van der Waals surface area (Å²) in [7, 11) is 1.43. The quantitative estimate of drug-likeness (QED) is 0.850. The van der Waals surface area contributed by atoms with Crippen LogP contribution in [0.1, 0.15) is 19.3 Å². The van der Waals surface area contributed by atoms with Gasteiger partial charge in [0, 0.05) is 12.1 Å². The summed E-state index contributed by atoms with van der Waals surface area (Å²) in [5, 5.41) is 5.48. The van der Waals surface area contributed by atoms with Gasteiger partial charge in [-0.2, -0.15) is 0 Å². The smallest absolute Gasteiger partial charge is 0.319 e. The van der Waals surface area contributed by atoms with E-state index in [1.807, 2.05) is 0 Å². The van der Waals surface area contributed by atoms with E-state index >= 15 is 0 Å². The lowest BCUT2D eigenvalue weighted by Crippen LogP contribution is -2.41. The Bertz CT molecular complexity index is 419. The van der Waals surface area contributed by atoms with Crippen LogP contribution in [0.25, 0.3) is 0 Å². The van der Waals surface area contributed by atoms with Crippen molar-refractivity contribution in [1.29, 1.82) is 0 Å². The summed E-state index contributed by atoms with van der Waals surface area (Å²) in [6.07, 6.45) is 3.20. The summed E-state index contributed by atoms with van der Waals surface area (Å²) in [4.78, 5) is 11.6. The van der Waals surface area contributed by atoms with Crippen molar-refractivity contribution in [2.75, 3.05) is 12.4 Å². The van der Waals surface area contributed by atoms with E-state index in [9.17, 15) is 9.18 Å². The van der Waals surface area contributed by atoms with E-state index in [-0.39, 0.29) is 12.1 Å². The first-order valence-corrected chi connectivity index (χ1v) is 5.60. The number of benzene rings is 1. The van der Waals surface area contributed by atoms with Gasteiger partial charge in [0.25, 0.3) is 0 Å². The van der Waals surface area contributed by atoms with E-state index in [4.69, 9.17) is 4.74 Å². The molecular weight excluding hydrogens is 223 g/mol. The van der Waals surface area contributed by atoms with E-state index in [0.29, 0.717) is 11.4 Å². The third kappa shape index (κ3) is 2.87. The summed E-state index contributed by atoms with van der Waals surface area (Å²) >= 11 is 0. The van der Waals surface area contributed by atoms with Crippen LogP contribution in [0, 0.1) is 5.82 Å². The van der Waals surface area contributed by atoms with E-state index in [2.05, 4.69) is 10.6 Å². The van der Waals surface area contributed by atoms with Crippen molar-refractivity contribution in [3.05, 3.63) is 24.0 Å². The zero-order chi connectivity index (χ0) is 12.3. The summed E-state index contributed by atoms with van der Waals surface area (Å²) in [5.74, 6) is -0.0828. The Morgan fingerprint density at radius 2 is 2.24 bits per heavy atom. The highest BCUT2D eigenvalue weighted by Gasteiger charge is 2.19. The Morgan fingerprint density at radius 1 is 1.47 bits per heavy atom. The zero-order valence-corrected chi connectivity index (χ0v) is 9.63. The maximum absolute atomic E-state index is 12.9. The largest absolute Gasteiger partial charge is 0.494 e. The second kappa shape index (κ2) is 5.03. The fourth-order valence-corrected chi connectivity index (χ4v) is 1.66. The van der Waals surface area contributed by atoms with Crippen molar-refractivity contribution >= 4 is 11.7 Å². The number of anilines is 1. The van der Waals surface area contributed by atoms with Crippen LogP contribution in [0.2, 0.25) is 0 Å². The van der Waals surface area contributed by atoms with Crippen LogP contribution in [0.3, 0.4) is 0 Å². The van der Waals surface area contributed by atoms with Crippen LogP contribution in [0.4, 0.5) is 14.9 Å². The lowest BCUT2D eigenvalue weighted by molar-refractivity contribution is 0.240. The van der Waals surface area contributed by atoms with Crippen molar-refractivity contribution in [1.82, 2.24) is 5.32 Å². The molecule has 0 radical (unpaired) electrons. The minimum atomic E-state index is -0.396. The highest BCUT2D eigenvalue weighted by Crippen LogP contribution is 2.25. The topological polar surface area (TPSA) is 50.4 Å². The van der Waals surface area contributed by atoms with Crippen LogP contribution in [-0.2, 0) is 0 Å². The number of carbonyl (C=O) groups is 1. The Balaban J connectivity index is 1.99. The molecule has 1 aromatic rings.